The van der Waals surface area contributed by atoms with Gasteiger partial charge in [0.25, 0.3) is 0 Å². The Morgan fingerprint density at radius 2 is 1.82 bits per heavy atom. The number of hydrogen-bond donors (Lipinski definition) is 2. The van der Waals surface area contributed by atoms with Gasteiger partial charge in [-0.25, -0.2) is 4.39 Å². The van der Waals surface area contributed by atoms with Gasteiger partial charge in [0.2, 0.25) is 5.91 Å². The maximum Gasteiger partial charge on any atom is 0.222 e. The monoisotopic (exact) mass is 383 g/mol. The number of nitrogens with zero attached hydrogens (tertiary/aromatic N) is 1. The van der Waals surface area contributed by atoms with E-state index < -0.39 is 0 Å². The molecule has 2 aromatic rings. The van der Waals surface area contributed by atoms with E-state index in [2.05, 4.69) is 42.0 Å². The predicted molar refractivity (Wildman–Crippen MR) is 110 cm³/mol. The largest absolute Gasteiger partial charge is 0.346 e. The Bertz CT molecular complexity index is 760. The lowest BCUT2D eigenvalue weighted by molar-refractivity contribution is -0.129. The van der Waals surface area contributed by atoms with Gasteiger partial charge >= 0.3 is 0 Å². The number of hydrogen-bond acceptors (Lipinski definition) is 3. The maximum absolute atomic E-state index is 13.1. The van der Waals surface area contributed by atoms with Crippen LogP contribution in [0.25, 0.3) is 0 Å². The number of halogens is 1. The third-order valence-corrected chi connectivity index (χ3v) is 5.47. The maximum atomic E-state index is 13.1. The molecule has 2 atom stereocenters. The van der Waals surface area contributed by atoms with Crippen LogP contribution in [0.3, 0.4) is 0 Å². The summed E-state index contributed by atoms with van der Waals surface area (Å²) in [5, 5.41) is 0. The van der Waals surface area contributed by atoms with Crippen molar-refractivity contribution in [3.63, 3.8) is 0 Å². The van der Waals surface area contributed by atoms with E-state index in [1.165, 1.54) is 23.3 Å². The molecule has 1 aliphatic heterocycles. The molecule has 1 saturated heterocycles. The molecule has 0 radical (unpaired) electrons. The van der Waals surface area contributed by atoms with Gasteiger partial charge in [0.05, 0.1) is 0 Å². The Labute approximate surface area is 167 Å². The molecule has 4 nitrogen and oxygen atoms in total. The molecule has 3 rings (SSSR count). The minimum Gasteiger partial charge on any atom is -0.346 e. The molecule has 150 valence electrons. The molecule has 2 unspecified atom stereocenters. The minimum atomic E-state index is -0.207. The highest BCUT2D eigenvalue weighted by atomic mass is 19.1. The Morgan fingerprint density at radius 1 is 1.11 bits per heavy atom. The van der Waals surface area contributed by atoms with Crippen molar-refractivity contribution in [2.45, 2.75) is 51.1 Å². The van der Waals surface area contributed by atoms with E-state index in [1.54, 1.807) is 0 Å². The number of carbonyl (C=O) groups is 1. The van der Waals surface area contributed by atoms with Crippen LogP contribution < -0.4 is 10.9 Å². The van der Waals surface area contributed by atoms with Gasteiger partial charge in [0.15, 0.2) is 0 Å². The third kappa shape index (κ3) is 5.88. The second-order valence-corrected chi connectivity index (χ2v) is 7.77. The molecule has 5 heteroatoms. The van der Waals surface area contributed by atoms with Crippen LogP contribution in [-0.4, -0.2) is 30.4 Å². The zero-order chi connectivity index (χ0) is 19.9. The zero-order valence-electron chi connectivity index (χ0n) is 16.7. The van der Waals surface area contributed by atoms with Crippen LogP contribution in [0.2, 0.25) is 0 Å². The molecule has 1 fully saturated rings. The lowest BCUT2D eigenvalue weighted by atomic mass is 9.99. The van der Waals surface area contributed by atoms with Crippen molar-refractivity contribution in [3.05, 3.63) is 71.0 Å². The SMILES string of the molecule is Cc1ccc(CCC(=O)N(C)CCCC2CC(c3ccc(F)cc3)NN2)cc1. The quantitative estimate of drug-likeness (QED) is 0.726. The number of hydrazine groups is 1. The van der Waals surface area contributed by atoms with Crippen LogP contribution in [0.15, 0.2) is 48.5 Å². The summed E-state index contributed by atoms with van der Waals surface area (Å²) < 4.78 is 13.1. The highest BCUT2D eigenvalue weighted by Gasteiger charge is 2.24. The van der Waals surface area contributed by atoms with E-state index in [4.69, 9.17) is 0 Å². The summed E-state index contributed by atoms with van der Waals surface area (Å²) in [6.45, 7) is 2.84. The molecule has 0 aliphatic carbocycles. The molecular formula is C23H30FN3O. The number of aryl methyl sites for hydroxylation is 2. The summed E-state index contributed by atoms with van der Waals surface area (Å²) in [6, 6.07) is 15.6. The van der Waals surface area contributed by atoms with Crippen LogP contribution in [0.4, 0.5) is 4.39 Å². The first-order valence-corrected chi connectivity index (χ1v) is 10.1. The van der Waals surface area contributed by atoms with Gasteiger partial charge in [-0.2, -0.15) is 0 Å². The number of benzene rings is 2. The fourth-order valence-electron chi connectivity index (χ4n) is 3.62. The molecule has 0 bridgehead atoms. The zero-order valence-corrected chi connectivity index (χ0v) is 16.7. The van der Waals surface area contributed by atoms with Gasteiger partial charge in [-0.15, -0.1) is 0 Å². The average Bonchev–Trinajstić information content (AvgIpc) is 3.16. The first-order chi connectivity index (χ1) is 13.5. The highest BCUT2D eigenvalue weighted by molar-refractivity contribution is 5.76. The number of nitrogens with one attached hydrogen (secondary N) is 2. The Balaban J connectivity index is 1.34. The van der Waals surface area contributed by atoms with Crippen molar-refractivity contribution in [1.29, 1.82) is 0 Å². The number of carbonyl (C=O) groups excluding carboxylic acids is 1. The third-order valence-electron chi connectivity index (χ3n) is 5.47. The molecule has 0 aromatic heterocycles. The molecule has 1 amide bonds. The molecule has 0 spiro atoms. The van der Waals surface area contributed by atoms with Crippen molar-refractivity contribution >= 4 is 5.91 Å². The lowest BCUT2D eigenvalue weighted by Gasteiger charge is -2.18. The molecule has 2 N–H and O–H groups in total. The molecular weight excluding hydrogens is 353 g/mol. The summed E-state index contributed by atoms with van der Waals surface area (Å²) in [6.07, 6.45) is 4.27. The summed E-state index contributed by atoms with van der Waals surface area (Å²) in [5.41, 5.74) is 10.2. The van der Waals surface area contributed by atoms with Crippen molar-refractivity contribution < 1.29 is 9.18 Å². The van der Waals surface area contributed by atoms with Crippen LogP contribution in [-0.2, 0) is 11.2 Å². The van der Waals surface area contributed by atoms with E-state index in [-0.39, 0.29) is 17.8 Å². The Kier molecular flexibility index (Phi) is 7.18. The molecule has 2 aromatic carbocycles. The molecule has 1 heterocycles. The van der Waals surface area contributed by atoms with Crippen LogP contribution in [0.5, 0.6) is 0 Å². The first kappa shape index (κ1) is 20.5. The van der Waals surface area contributed by atoms with Gasteiger partial charge in [-0.3, -0.25) is 15.6 Å². The Hall–Kier alpha value is -2.24. The number of rotatable bonds is 8. The second kappa shape index (κ2) is 9.80. The van der Waals surface area contributed by atoms with E-state index in [0.717, 1.165) is 37.8 Å². The van der Waals surface area contributed by atoms with E-state index in [9.17, 15) is 9.18 Å². The van der Waals surface area contributed by atoms with Crippen molar-refractivity contribution in [2.75, 3.05) is 13.6 Å². The normalized spacial score (nSPS) is 19.0. The molecule has 28 heavy (non-hydrogen) atoms. The summed E-state index contributed by atoms with van der Waals surface area (Å²) in [7, 11) is 1.89. The van der Waals surface area contributed by atoms with E-state index in [1.807, 2.05) is 24.1 Å². The summed E-state index contributed by atoms with van der Waals surface area (Å²) >= 11 is 0. The van der Waals surface area contributed by atoms with Crippen molar-refractivity contribution in [1.82, 2.24) is 15.8 Å². The van der Waals surface area contributed by atoms with Gasteiger partial charge in [0.1, 0.15) is 5.82 Å². The van der Waals surface area contributed by atoms with Crippen molar-refractivity contribution in [3.8, 4) is 0 Å². The minimum absolute atomic E-state index is 0.197. The van der Waals surface area contributed by atoms with Crippen LogP contribution in [0, 0.1) is 12.7 Å². The average molecular weight is 384 g/mol. The Morgan fingerprint density at radius 3 is 2.54 bits per heavy atom. The van der Waals surface area contributed by atoms with Crippen molar-refractivity contribution in [2.24, 2.45) is 0 Å². The standard InChI is InChI=1S/C23H30FN3O/c1-17-5-7-18(8-6-17)9-14-23(28)27(2)15-3-4-21-16-22(26-25-21)19-10-12-20(24)13-11-19/h5-8,10-13,21-22,25-26H,3-4,9,14-16H2,1-2H3. The summed E-state index contributed by atoms with van der Waals surface area (Å²) in [4.78, 5) is 14.2. The first-order valence-electron chi connectivity index (χ1n) is 10.1. The van der Waals surface area contributed by atoms with Gasteiger partial charge < -0.3 is 4.90 Å². The predicted octanol–water partition coefficient (Wildman–Crippen LogP) is 3.91. The molecule has 0 saturated carbocycles. The second-order valence-electron chi connectivity index (χ2n) is 7.77. The fourth-order valence-corrected chi connectivity index (χ4v) is 3.62. The van der Waals surface area contributed by atoms with Gasteiger partial charge in [-0.1, -0.05) is 42.0 Å². The number of amides is 1. The fraction of sp³-hybridized carbons (Fsp3) is 0.435. The van der Waals surface area contributed by atoms with Crippen LogP contribution in [0.1, 0.15) is 48.4 Å². The van der Waals surface area contributed by atoms with E-state index in [0.29, 0.717) is 12.5 Å². The van der Waals surface area contributed by atoms with Gasteiger partial charge in [-0.05, 0) is 55.9 Å². The highest BCUT2D eigenvalue weighted by Crippen LogP contribution is 2.24. The lowest BCUT2D eigenvalue weighted by Crippen LogP contribution is -2.32. The molecule has 1 aliphatic rings. The summed E-state index contributed by atoms with van der Waals surface area (Å²) in [5.74, 6) is -0.0105. The van der Waals surface area contributed by atoms with E-state index >= 15 is 0 Å². The van der Waals surface area contributed by atoms with Gasteiger partial charge in [0, 0.05) is 32.1 Å². The van der Waals surface area contributed by atoms with Crippen LogP contribution >= 0.6 is 0 Å². The topological polar surface area (TPSA) is 44.4 Å². The smallest absolute Gasteiger partial charge is 0.222 e.